The van der Waals surface area contributed by atoms with Crippen LogP contribution in [0.1, 0.15) is 12.8 Å². The van der Waals surface area contributed by atoms with Gasteiger partial charge in [-0.2, -0.15) is 0 Å². The first-order valence-corrected chi connectivity index (χ1v) is 9.05. The van der Waals surface area contributed by atoms with Crippen molar-refractivity contribution < 1.29 is 9.53 Å². The van der Waals surface area contributed by atoms with Gasteiger partial charge in [0, 0.05) is 38.2 Å². The molecular weight excluding hydrogens is 338 g/mol. The fraction of sp³-hybridized carbons (Fsp3) is 0.273. The number of hydrogen-bond donors (Lipinski definition) is 0. The Kier molecular flexibility index (Phi) is 5.91. The van der Waals surface area contributed by atoms with E-state index in [0.717, 1.165) is 41.2 Å². The number of rotatable bonds is 7. The van der Waals surface area contributed by atoms with Gasteiger partial charge in [-0.3, -0.25) is 4.79 Å². The number of methoxy groups -OCH3 is 1. The van der Waals surface area contributed by atoms with Crippen molar-refractivity contribution in [2.45, 2.75) is 19.4 Å². The molecule has 1 amide bonds. The molecule has 0 saturated carbocycles. The van der Waals surface area contributed by atoms with E-state index in [1.54, 1.807) is 26.1 Å². The van der Waals surface area contributed by atoms with Gasteiger partial charge in [0.1, 0.15) is 5.75 Å². The average molecular weight is 363 g/mol. The van der Waals surface area contributed by atoms with Crippen LogP contribution in [0.2, 0.25) is 0 Å². The number of nitrogens with zero attached hydrogens (tertiary/aromatic N) is 3. The second kappa shape index (κ2) is 8.54. The van der Waals surface area contributed by atoms with Gasteiger partial charge in [-0.25, -0.2) is 4.98 Å². The number of benzene rings is 2. The van der Waals surface area contributed by atoms with E-state index in [2.05, 4.69) is 27.8 Å². The Morgan fingerprint density at radius 3 is 2.52 bits per heavy atom. The SMILES string of the molecule is COc1cccc(-c2c(-c3ccccc3)ncn2CCCC(=O)N(C)C)c1. The molecule has 0 atom stereocenters. The molecule has 0 aliphatic carbocycles. The number of carbonyl (C=O) groups is 1. The highest BCUT2D eigenvalue weighted by atomic mass is 16.5. The van der Waals surface area contributed by atoms with E-state index in [1.807, 2.05) is 42.7 Å². The molecule has 1 aromatic heterocycles. The Bertz CT molecular complexity index is 901. The van der Waals surface area contributed by atoms with Gasteiger partial charge in [0.25, 0.3) is 0 Å². The van der Waals surface area contributed by atoms with Crippen LogP contribution in [0.3, 0.4) is 0 Å². The van der Waals surface area contributed by atoms with Gasteiger partial charge in [0.05, 0.1) is 24.8 Å². The third-order valence-electron chi connectivity index (χ3n) is 4.52. The van der Waals surface area contributed by atoms with Gasteiger partial charge in [-0.1, -0.05) is 42.5 Å². The van der Waals surface area contributed by atoms with Crippen LogP contribution in [0, 0.1) is 0 Å². The molecule has 0 aliphatic rings. The predicted molar refractivity (Wildman–Crippen MR) is 108 cm³/mol. The number of hydrogen-bond acceptors (Lipinski definition) is 3. The summed E-state index contributed by atoms with van der Waals surface area (Å²) in [5.41, 5.74) is 4.09. The molecule has 0 radical (unpaired) electrons. The Labute approximate surface area is 160 Å². The topological polar surface area (TPSA) is 47.4 Å². The summed E-state index contributed by atoms with van der Waals surface area (Å²) in [4.78, 5) is 18.2. The maximum atomic E-state index is 11.9. The lowest BCUT2D eigenvalue weighted by Gasteiger charge is -2.13. The molecule has 2 aromatic carbocycles. The first kappa shape index (κ1) is 18.7. The van der Waals surface area contributed by atoms with Crippen LogP contribution in [0.25, 0.3) is 22.5 Å². The minimum absolute atomic E-state index is 0.140. The molecule has 0 aliphatic heterocycles. The van der Waals surface area contributed by atoms with Gasteiger partial charge in [-0.05, 0) is 18.6 Å². The number of imidazole rings is 1. The van der Waals surface area contributed by atoms with E-state index < -0.39 is 0 Å². The number of aryl methyl sites for hydroxylation is 1. The molecule has 1 heterocycles. The largest absolute Gasteiger partial charge is 0.497 e. The summed E-state index contributed by atoms with van der Waals surface area (Å²) in [6.07, 6.45) is 3.14. The van der Waals surface area contributed by atoms with E-state index in [-0.39, 0.29) is 5.91 Å². The van der Waals surface area contributed by atoms with E-state index in [1.165, 1.54) is 0 Å². The lowest BCUT2D eigenvalue weighted by Crippen LogP contribution is -2.21. The standard InChI is InChI=1S/C22H25N3O2/c1-24(2)20(26)13-8-14-25-16-23-21(17-9-5-4-6-10-17)22(25)18-11-7-12-19(15-18)27-3/h4-7,9-12,15-16H,8,13-14H2,1-3H3. The van der Waals surface area contributed by atoms with E-state index in [9.17, 15) is 4.79 Å². The molecule has 0 N–H and O–H groups in total. The lowest BCUT2D eigenvalue weighted by atomic mass is 10.0. The Morgan fingerprint density at radius 2 is 1.81 bits per heavy atom. The van der Waals surface area contributed by atoms with Gasteiger partial charge in [-0.15, -0.1) is 0 Å². The van der Waals surface area contributed by atoms with Crippen LogP contribution in [-0.4, -0.2) is 41.6 Å². The van der Waals surface area contributed by atoms with Crippen molar-refractivity contribution in [1.82, 2.24) is 14.5 Å². The van der Waals surface area contributed by atoms with Crippen LogP contribution >= 0.6 is 0 Å². The van der Waals surface area contributed by atoms with Crippen LogP contribution in [0.15, 0.2) is 60.9 Å². The fourth-order valence-corrected chi connectivity index (χ4v) is 3.06. The highest BCUT2D eigenvalue weighted by Gasteiger charge is 2.16. The summed E-state index contributed by atoms with van der Waals surface area (Å²) >= 11 is 0. The van der Waals surface area contributed by atoms with Crippen molar-refractivity contribution in [2.75, 3.05) is 21.2 Å². The summed E-state index contributed by atoms with van der Waals surface area (Å²) in [6.45, 7) is 0.728. The van der Waals surface area contributed by atoms with Gasteiger partial charge < -0.3 is 14.2 Å². The van der Waals surface area contributed by atoms with Crippen molar-refractivity contribution in [3.63, 3.8) is 0 Å². The summed E-state index contributed by atoms with van der Waals surface area (Å²) in [7, 11) is 5.24. The summed E-state index contributed by atoms with van der Waals surface area (Å²) < 4.78 is 7.52. The van der Waals surface area contributed by atoms with Gasteiger partial charge in [0.2, 0.25) is 5.91 Å². The molecule has 0 fully saturated rings. The normalized spacial score (nSPS) is 10.6. The number of ether oxygens (including phenoxy) is 1. The Hall–Kier alpha value is -3.08. The van der Waals surface area contributed by atoms with Crippen molar-refractivity contribution in [3.05, 3.63) is 60.9 Å². The average Bonchev–Trinajstić information content (AvgIpc) is 3.12. The number of carbonyl (C=O) groups excluding carboxylic acids is 1. The molecule has 0 saturated heterocycles. The maximum Gasteiger partial charge on any atom is 0.222 e. The summed E-state index contributed by atoms with van der Waals surface area (Å²) in [6, 6.07) is 18.1. The van der Waals surface area contributed by atoms with E-state index in [4.69, 9.17) is 4.74 Å². The van der Waals surface area contributed by atoms with Crippen LogP contribution in [0.4, 0.5) is 0 Å². The summed E-state index contributed by atoms with van der Waals surface area (Å²) in [5, 5.41) is 0. The zero-order valence-corrected chi connectivity index (χ0v) is 16.1. The second-order valence-electron chi connectivity index (χ2n) is 6.62. The highest BCUT2D eigenvalue weighted by molar-refractivity contribution is 5.79. The molecule has 3 aromatic rings. The third-order valence-corrected chi connectivity index (χ3v) is 4.52. The minimum atomic E-state index is 0.140. The van der Waals surface area contributed by atoms with Gasteiger partial charge >= 0.3 is 0 Å². The third kappa shape index (κ3) is 4.37. The molecule has 0 unspecified atom stereocenters. The van der Waals surface area contributed by atoms with Crippen LogP contribution in [-0.2, 0) is 11.3 Å². The molecule has 3 rings (SSSR count). The van der Waals surface area contributed by atoms with Gasteiger partial charge in [0.15, 0.2) is 0 Å². The minimum Gasteiger partial charge on any atom is -0.497 e. The molecule has 0 spiro atoms. The first-order chi connectivity index (χ1) is 13.1. The smallest absolute Gasteiger partial charge is 0.222 e. The molecule has 0 bridgehead atoms. The Morgan fingerprint density at radius 1 is 1.07 bits per heavy atom. The quantitative estimate of drug-likeness (QED) is 0.635. The first-order valence-electron chi connectivity index (χ1n) is 9.05. The van der Waals surface area contributed by atoms with Crippen molar-refractivity contribution >= 4 is 5.91 Å². The highest BCUT2D eigenvalue weighted by Crippen LogP contribution is 2.33. The van der Waals surface area contributed by atoms with Crippen LogP contribution < -0.4 is 4.74 Å². The van der Waals surface area contributed by atoms with Crippen LogP contribution in [0.5, 0.6) is 5.75 Å². The number of aromatic nitrogens is 2. The molecule has 27 heavy (non-hydrogen) atoms. The zero-order valence-electron chi connectivity index (χ0n) is 16.1. The molecule has 140 valence electrons. The summed E-state index contributed by atoms with van der Waals surface area (Å²) in [5.74, 6) is 0.948. The van der Waals surface area contributed by atoms with Crippen molar-refractivity contribution in [2.24, 2.45) is 0 Å². The van der Waals surface area contributed by atoms with Crippen molar-refractivity contribution in [3.8, 4) is 28.3 Å². The molecular formula is C22H25N3O2. The second-order valence-corrected chi connectivity index (χ2v) is 6.62. The molecule has 5 nitrogen and oxygen atoms in total. The lowest BCUT2D eigenvalue weighted by molar-refractivity contribution is -0.128. The Balaban J connectivity index is 1.96. The number of amides is 1. The predicted octanol–water partition coefficient (Wildman–Crippen LogP) is 4.09. The zero-order chi connectivity index (χ0) is 19.2. The fourth-order valence-electron chi connectivity index (χ4n) is 3.06. The molecule has 5 heteroatoms. The monoisotopic (exact) mass is 363 g/mol. The van der Waals surface area contributed by atoms with E-state index >= 15 is 0 Å². The van der Waals surface area contributed by atoms with E-state index in [0.29, 0.717) is 6.42 Å². The maximum absolute atomic E-state index is 11.9. The van der Waals surface area contributed by atoms with Crippen molar-refractivity contribution in [1.29, 1.82) is 0 Å².